The van der Waals surface area contributed by atoms with Crippen LogP contribution >= 0.6 is 0 Å². The first kappa shape index (κ1) is 17.9. The van der Waals surface area contributed by atoms with E-state index in [-0.39, 0.29) is 24.5 Å². The summed E-state index contributed by atoms with van der Waals surface area (Å²) < 4.78 is 5.76. The maximum Gasteiger partial charge on any atom is 0.254 e. The van der Waals surface area contributed by atoms with Crippen LogP contribution in [0.15, 0.2) is 24.3 Å². The lowest BCUT2D eigenvalue weighted by atomic mass is 9.90. The summed E-state index contributed by atoms with van der Waals surface area (Å²) in [5.41, 5.74) is 2.09. The lowest BCUT2D eigenvalue weighted by molar-refractivity contribution is -0.168. The first-order chi connectivity index (χ1) is 11.9. The van der Waals surface area contributed by atoms with Gasteiger partial charge in [-0.05, 0) is 30.7 Å². The SMILES string of the molecule is Cc1ccc([C@@H]2[C@@H](C(=O)N3C[C@H](C)C[C@H](C)C3)OCC(=O)N2C)cc1. The number of piperidine rings is 1. The molecule has 2 amide bonds. The highest BCUT2D eigenvalue weighted by atomic mass is 16.5. The summed E-state index contributed by atoms with van der Waals surface area (Å²) in [7, 11) is 1.76. The molecule has 0 N–H and O–H groups in total. The van der Waals surface area contributed by atoms with Crippen LogP contribution in [0.3, 0.4) is 0 Å². The topological polar surface area (TPSA) is 49.9 Å². The maximum absolute atomic E-state index is 13.2. The van der Waals surface area contributed by atoms with Crippen molar-refractivity contribution in [2.24, 2.45) is 11.8 Å². The lowest BCUT2D eigenvalue weighted by Gasteiger charge is -2.42. The Kier molecular flexibility index (Phi) is 5.13. The molecule has 25 heavy (non-hydrogen) atoms. The van der Waals surface area contributed by atoms with Crippen molar-refractivity contribution in [1.82, 2.24) is 9.80 Å². The minimum Gasteiger partial charge on any atom is -0.356 e. The number of likely N-dealkylation sites (tertiary alicyclic amines) is 1. The van der Waals surface area contributed by atoms with Gasteiger partial charge in [0.05, 0.1) is 6.04 Å². The molecule has 2 fully saturated rings. The van der Waals surface area contributed by atoms with Crippen LogP contribution in [-0.4, -0.2) is 54.5 Å². The first-order valence-electron chi connectivity index (χ1n) is 9.09. The second-order valence-electron chi connectivity index (χ2n) is 7.78. The number of carbonyl (C=O) groups is 2. The quantitative estimate of drug-likeness (QED) is 0.828. The minimum absolute atomic E-state index is 0.00308. The van der Waals surface area contributed by atoms with Gasteiger partial charge in [0.15, 0.2) is 6.10 Å². The van der Waals surface area contributed by atoms with Crippen molar-refractivity contribution in [3.05, 3.63) is 35.4 Å². The van der Waals surface area contributed by atoms with Gasteiger partial charge in [0.1, 0.15) is 6.61 Å². The third-order valence-electron chi connectivity index (χ3n) is 5.33. The molecule has 0 spiro atoms. The molecule has 3 rings (SSSR count). The Bertz CT molecular complexity index is 633. The zero-order valence-electron chi connectivity index (χ0n) is 15.6. The highest BCUT2D eigenvalue weighted by Crippen LogP contribution is 2.32. The molecule has 0 saturated carbocycles. The average molecular weight is 344 g/mol. The number of nitrogens with zero attached hydrogens (tertiary/aromatic N) is 2. The van der Waals surface area contributed by atoms with Crippen molar-refractivity contribution in [3.63, 3.8) is 0 Å². The molecule has 0 radical (unpaired) electrons. The maximum atomic E-state index is 13.2. The van der Waals surface area contributed by atoms with Gasteiger partial charge in [-0.25, -0.2) is 0 Å². The Labute approximate surface area is 149 Å². The number of benzene rings is 1. The zero-order chi connectivity index (χ0) is 18.1. The molecule has 2 aliphatic heterocycles. The Morgan fingerprint density at radius 3 is 2.32 bits per heavy atom. The van der Waals surface area contributed by atoms with Gasteiger partial charge in [0.2, 0.25) is 5.91 Å². The van der Waals surface area contributed by atoms with E-state index in [9.17, 15) is 9.59 Å². The van der Waals surface area contributed by atoms with Crippen molar-refractivity contribution < 1.29 is 14.3 Å². The summed E-state index contributed by atoms with van der Waals surface area (Å²) in [5.74, 6) is 0.903. The molecule has 2 aliphatic rings. The molecule has 1 aromatic carbocycles. The molecule has 5 heteroatoms. The summed E-state index contributed by atoms with van der Waals surface area (Å²) in [4.78, 5) is 29.0. The molecule has 136 valence electrons. The second-order valence-corrected chi connectivity index (χ2v) is 7.78. The number of ether oxygens (including phenoxy) is 1. The van der Waals surface area contributed by atoms with Gasteiger partial charge in [0, 0.05) is 20.1 Å². The van der Waals surface area contributed by atoms with Crippen LogP contribution in [0.1, 0.15) is 37.4 Å². The molecule has 1 aromatic rings. The van der Waals surface area contributed by atoms with Crippen molar-refractivity contribution in [2.45, 2.75) is 39.3 Å². The van der Waals surface area contributed by atoms with Crippen LogP contribution < -0.4 is 0 Å². The highest BCUT2D eigenvalue weighted by molar-refractivity contribution is 5.86. The third kappa shape index (κ3) is 3.71. The van der Waals surface area contributed by atoms with E-state index in [0.29, 0.717) is 11.8 Å². The largest absolute Gasteiger partial charge is 0.356 e. The van der Waals surface area contributed by atoms with Crippen molar-refractivity contribution in [1.29, 1.82) is 0 Å². The standard InChI is InChI=1S/C20H28N2O3/c1-13-5-7-16(8-6-13)18-19(25-12-17(23)21(18)4)20(24)22-10-14(2)9-15(3)11-22/h5-8,14-15,18-19H,9-12H2,1-4H3/t14-,15+,18-,19+/m1/s1. The van der Waals surface area contributed by atoms with E-state index in [0.717, 1.165) is 30.6 Å². The highest BCUT2D eigenvalue weighted by Gasteiger charge is 2.42. The third-order valence-corrected chi connectivity index (χ3v) is 5.33. The molecule has 5 nitrogen and oxygen atoms in total. The van der Waals surface area contributed by atoms with Gasteiger partial charge in [-0.15, -0.1) is 0 Å². The van der Waals surface area contributed by atoms with E-state index in [2.05, 4.69) is 13.8 Å². The molecular formula is C20H28N2O3. The fraction of sp³-hybridized carbons (Fsp3) is 0.600. The number of aryl methyl sites for hydroxylation is 1. The van der Waals surface area contributed by atoms with Gasteiger partial charge in [0.25, 0.3) is 5.91 Å². The van der Waals surface area contributed by atoms with E-state index < -0.39 is 6.10 Å². The minimum atomic E-state index is -0.636. The second kappa shape index (κ2) is 7.16. The molecule has 0 aliphatic carbocycles. The molecule has 0 unspecified atom stereocenters. The zero-order valence-corrected chi connectivity index (χ0v) is 15.6. The van der Waals surface area contributed by atoms with E-state index in [1.54, 1.807) is 11.9 Å². The van der Waals surface area contributed by atoms with Gasteiger partial charge in [-0.1, -0.05) is 43.7 Å². The van der Waals surface area contributed by atoms with E-state index in [1.807, 2.05) is 36.1 Å². The van der Waals surface area contributed by atoms with Gasteiger partial charge in [-0.2, -0.15) is 0 Å². The van der Waals surface area contributed by atoms with Crippen LogP contribution in [0.5, 0.6) is 0 Å². The van der Waals surface area contributed by atoms with Crippen LogP contribution in [0.4, 0.5) is 0 Å². The summed E-state index contributed by atoms with van der Waals surface area (Å²) >= 11 is 0. The Balaban J connectivity index is 1.87. The Morgan fingerprint density at radius 1 is 1.12 bits per heavy atom. The number of carbonyl (C=O) groups excluding carboxylic acids is 2. The van der Waals surface area contributed by atoms with Crippen molar-refractivity contribution in [3.8, 4) is 0 Å². The number of morpholine rings is 1. The summed E-state index contributed by atoms with van der Waals surface area (Å²) in [6, 6.07) is 7.62. The number of hydrogen-bond donors (Lipinski definition) is 0. The van der Waals surface area contributed by atoms with Gasteiger partial charge in [-0.3, -0.25) is 9.59 Å². The van der Waals surface area contributed by atoms with Gasteiger partial charge < -0.3 is 14.5 Å². The van der Waals surface area contributed by atoms with E-state index in [1.165, 1.54) is 0 Å². The predicted octanol–water partition coefficient (Wildman–Crippen LogP) is 2.40. The monoisotopic (exact) mass is 344 g/mol. The molecule has 0 aromatic heterocycles. The number of rotatable bonds is 2. The first-order valence-corrected chi connectivity index (χ1v) is 9.09. The average Bonchev–Trinajstić information content (AvgIpc) is 2.57. The number of amides is 2. The number of hydrogen-bond acceptors (Lipinski definition) is 3. The van der Waals surface area contributed by atoms with Gasteiger partial charge >= 0.3 is 0 Å². The number of likely N-dealkylation sites (N-methyl/N-ethyl adjacent to an activating group) is 1. The molecule has 4 atom stereocenters. The van der Waals surface area contributed by atoms with E-state index >= 15 is 0 Å². The molecule has 2 saturated heterocycles. The van der Waals surface area contributed by atoms with Crippen molar-refractivity contribution >= 4 is 11.8 Å². The van der Waals surface area contributed by atoms with Crippen LogP contribution in [-0.2, 0) is 14.3 Å². The fourth-order valence-electron chi connectivity index (χ4n) is 4.10. The van der Waals surface area contributed by atoms with Crippen LogP contribution in [0.2, 0.25) is 0 Å². The normalized spacial score (nSPS) is 30.5. The fourth-order valence-corrected chi connectivity index (χ4v) is 4.10. The molecule has 2 heterocycles. The van der Waals surface area contributed by atoms with Crippen LogP contribution in [0, 0.1) is 18.8 Å². The Morgan fingerprint density at radius 2 is 1.72 bits per heavy atom. The predicted molar refractivity (Wildman–Crippen MR) is 96.0 cm³/mol. The smallest absolute Gasteiger partial charge is 0.254 e. The lowest BCUT2D eigenvalue weighted by Crippen LogP contribution is -2.55. The summed E-state index contributed by atoms with van der Waals surface area (Å²) in [5, 5.41) is 0. The molecule has 0 bridgehead atoms. The van der Waals surface area contributed by atoms with Crippen LogP contribution in [0.25, 0.3) is 0 Å². The summed E-state index contributed by atoms with van der Waals surface area (Å²) in [6.45, 7) is 7.89. The molecular weight excluding hydrogens is 316 g/mol. The summed E-state index contributed by atoms with van der Waals surface area (Å²) in [6.07, 6.45) is 0.512. The van der Waals surface area contributed by atoms with Crippen molar-refractivity contribution in [2.75, 3.05) is 26.7 Å². The van der Waals surface area contributed by atoms with E-state index in [4.69, 9.17) is 4.74 Å². The Hall–Kier alpha value is -1.88.